The third kappa shape index (κ3) is 5.78. The van der Waals surface area contributed by atoms with Gasteiger partial charge >= 0.3 is 0 Å². The number of benzene rings is 1. The van der Waals surface area contributed by atoms with Crippen molar-refractivity contribution in [2.75, 3.05) is 30.7 Å². The molecule has 0 aliphatic carbocycles. The standard InChI is InChI=1S/C19H19F3N4O4S2/c20-13-4-5-14(19(22)18(13)21)25-15(27)10-23-16(28)11-31-17-6-3-12(9-24-17)32(29,30)26-7-1-2-8-26/h3-6,9H,1-2,7-8,10-11H2,(H,23,28)(H,25,27). The summed E-state index contributed by atoms with van der Waals surface area (Å²) in [5.41, 5.74) is -0.550. The molecule has 8 nitrogen and oxygen atoms in total. The number of nitrogens with one attached hydrogen (secondary N) is 2. The number of rotatable bonds is 8. The van der Waals surface area contributed by atoms with E-state index in [1.165, 1.54) is 22.6 Å². The van der Waals surface area contributed by atoms with E-state index in [-0.39, 0.29) is 10.6 Å². The van der Waals surface area contributed by atoms with Gasteiger partial charge in [-0.05, 0) is 37.1 Å². The third-order valence-corrected chi connectivity index (χ3v) is 7.34. The number of carbonyl (C=O) groups is 2. The molecule has 1 aliphatic heterocycles. The van der Waals surface area contributed by atoms with Crippen molar-refractivity contribution in [2.45, 2.75) is 22.8 Å². The molecule has 1 fully saturated rings. The van der Waals surface area contributed by atoms with Gasteiger partial charge in [-0.25, -0.2) is 26.6 Å². The lowest BCUT2D eigenvalue weighted by molar-refractivity contribution is -0.122. The van der Waals surface area contributed by atoms with Gasteiger partial charge in [0.15, 0.2) is 17.5 Å². The summed E-state index contributed by atoms with van der Waals surface area (Å²) < 4.78 is 66.0. The minimum absolute atomic E-state index is 0.0781. The van der Waals surface area contributed by atoms with Crippen LogP contribution in [0.2, 0.25) is 0 Å². The summed E-state index contributed by atoms with van der Waals surface area (Å²) in [5.74, 6) is -6.12. The van der Waals surface area contributed by atoms with E-state index < -0.39 is 51.5 Å². The number of halogens is 3. The lowest BCUT2D eigenvalue weighted by atomic mass is 10.2. The minimum atomic E-state index is -3.57. The molecule has 1 aromatic heterocycles. The molecular formula is C19H19F3N4O4S2. The number of carbonyl (C=O) groups excluding carboxylic acids is 2. The summed E-state index contributed by atoms with van der Waals surface area (Å²) in [5, 5.41) is 4.75. The van der Waals surface area contributed by atoms with E-state index in [9.17, 15) is 31.2 Å². The number of thioether (sulfide) groups is 1. The Kier molecular flexibility index (Phi) is 7.74. The van der Waals surface area contributed by atoms with Crippen molar-refractivity contribution in [1.82, 2.24) is 14.6 Å². The highest BCUT2D eigenvalue weighted by atomic mass is 32.2. The fraction of sp³-hybridized carbons (Fsp3) is 0.316. The van der Waals surface area contributed by atoms with E-state index in [4.69, 9.17) is 0 Å². The molecule has 1 aromatic carbocycles. The van der Waals surface area contributed by atoms with E-state index >= 15 is 0 Å². The molecule has 2 N–H and O–H groups in total. The van der Waals surface area contributed by atoms with Crippen LogP contribution in [0.25, 0.3) is 0 Å². The SMILES string of the molecule is O=C(CSc1ccc(S(=O)(=O)N2CCCC2)cn1)NCC(=O)Nc1ccc(F)c(F)c1F. The molecule has 1 aliphatic rings. The first-order chi connectivity index (χ1) is 15.2. The van der Waals surface area contributed by atoms with Crippen LogP contribution >= 0.6 is 11.8 Å². The van der Waals surface area contributed by atoms with Crippen molar-refractivity contribution in [3.8, 4) is 0 Å². The normalized spacial score (nSPS) is 14.3. The minimum Gasteiger partial charge on any atom is -0.346 e. The maximum atomic E-state index is 13.6. The smallest absolute Gasteiger partial charge is 0.244 e. The van der Waals surface area contributed by atoms with Crippen LogP contribution in [0.15, 0.2) is 40.4 Å². The molecule has 1 saturated heterocycles. The molecular weight excluding hydrogens is 469 g/mol. The second-order valence-corrected chi connectivity index (χ2v) is 9.71. The van der Waals surface area contributed by atoms with Gasteiger partial charge < -0.3 is 10.6 Å². The molecule has 0 spiro atoms. The Hall–Kier alpha value is -2.64. The van der Waals surface area contributed by atoms with Crippen LogP contribution in [0.3, 0.4) is 0 Å². The van der Waals surface area contributed by atoms with E-state index in [1.807, 2.05) is 5.32 Å². The summed E-state index contributed by atoms with van der Waals surface area (Å²) in [6.45, 7) is 0.447. The Morgan fingerprint density at radius 3 is 2.41 bits per heavy atom. The summed E-state index contributed by atoms with van der Waals surface area (Å²) in [6, 6.07) is 4.44. The zero-order valence-corrected chi connectivity index (χ0v) is 18.2. The topological polar surface area (TPSA) is 108 Å². The monoisotopic (exact) mass is 488 g/mol. The highest BCUT2D eigenvalue weighted by Crippen LogP contribution is 2.22. The number of nitrogens with zero attached hydrogens (tertiary/aromatic N) is 2. The number of aromatic nitrogens is 1. The van der Waals surface area contributed by atoms with E-state index in [0.29, 0.717) is 24.2 Å². The second-order valence-electron chi connectivity index (χ2n) is 6.78. The molecule has 13 heteroatoms. The van der Waals surface area contributed by atoms with E-state index in [2.05, 4.69) is 10.3 Å². The third-order valence-electron chi connectivity index (χ3n) is 4.52. The van der Waals surface area contributed by atoms with Gasteiger partial charge in [0, 0.05) is 19.3 Å². The van der Waals surface area contributed by atoms with Crippen LogP contribution < -0.4 is 10.6 Å². The summed E-state index contributed by atoms with van der Waals surface area (Å²) in [7, 11) is -3.57. The van der Waals surface area contributed by atoms with Crippen LogP contribution in [0, 0.1) is 17.5 Å². The lowest BCUT2D eigenvalue weighted by Crippen LogP contribution is -2.34. The average molecular weight is 489 g/mol. The molecule has 2 aromatic rings. The van der Waals surface area contributed by atoms with Crippen molar-refractivity contribution in [3.05, 3.63) is 47.9 Å². The maximum Gasteiger partial charge on any atom is 0.244 e. The largest absolute Gasteiger partial charge is 0.346 e. The molecule has 0 atom stereocenters. The molecule has 3 rings (SSSR count). The van der Waals surface area contributed by atoms with Crippen molar-refractivity contribution in [1.29, 1.82) is 0 Å². The van der Waals surface area contributed by atoms with Gasteiger partial charge in [0.05, 0.1) is 23.0 Å². The zero-order chi connectivity index (χ0) is 23.3. The van der Waals surface area contributed by atoms with Crippen LogP contribution in [0.5, 0.6) is 0 Å². The highest BCUT2D eigenvalue weighted by Gasteiger charge is 2.27. The first-order valence-electron chi connectivity index (χ1n) is 9.47. The van der Waals surface area contributed by atoms with Gasteiger partial charge in [-0.15, -0.1) is 0 Å². The van der Waals surface area contributed by atoms with Gasteiger partial charge in [-0.3, -0.25) is 9.59 Å². The summed E-state index contributed by atoms with van der Waals surface area (Å²) in [6.07, 6.45) is 2.88. The van der Waals surface area contributed by atoms with Crippen molar-refractivity contribution >= 4 is 39.3 Å². The van der Waals surface area contributed by atoms with Crippen LogP contribution in [-0.2, 0) is 19.6 Å². The quantitative estimate of drug-likeness (QED) is 0.435. The molecule has 32 heavy (non-hydrogen) atoms. The molecule has 0 radical (unpaired) electrons. The predicted octanol–water partition coefficient (Wildman–Crippen LogP) is 2.13. The Balaban J connectivity index is 1.46. The molecule has 2 amide bonds. The van der Waals surface area contributed by atoms with Gasteiger partial charge in [-0.2, -0.15) is 4.31 Å². The molecule has 0 bridgehead atoms. The number of hydrogen-bond donors (Lipinski definition) is 2. The number of amides is 2. The van der Waals surface area contributed by atoms with Crippen LogP contribution in [-0.4, -0.2) is 54.9 Å². The first-order valence-corrected chi connectivity index (χ1v) is 11.9. The van der Waals surface area contributed by atoms with E-state index in [1.54, 1.807) is 0 Å². The Morgan fingerprint density at radius 2 is 1.75 bits per heavy atom. The molecule has 0 unspecified atom stereocenters. The van der Waals surface area contributed by atoms with Gasteiger partial charge in [-0.1, -0.05) is 11.8 Å². The summed E-state index contributed by atoms with van der Waals surface area (Å²) in [4.78, 5) is 27.8. The second kappa shape index (κ2) is 10.3. The fourth-order valence-corrected chi connectivity index (χ4v) is 5.00. The maximum absolute atomic E-state index is 13.6. The van der Waals surface area contributed by atoms with Gasteiger partial charge in [0.1, 0.15) is 4.90 Å². The average Bonchev–Trinajstić information content (AvgIpc) is 3.33. The predicted molar refractivity (Wildman–Crippen MR) is 111 cm³/mol. The number of anilines is 1. The first kappa shape index (κ1) is 24.0. The lowest BCUT2D eigenvalue weighted by Gasteiger charge is -2.15. The Bertz CT molecular complexity index is 1110. The van der Waals surface area contributed by atoms with Gasteiger partial charge in [0.25, 0.3) is 0 Å². The zero-order valence-electron chi connectivity index (χ0n) is 16.6. The highest BCUT2D eigenvalue weighted by molar-refractivity contribution is 7.99. The van der Waals surface area contributed by atoms with Crippen LogP contribution in [0.4, 0.5) is 18.9 Å². The molecule has 172 valence electrons. The Morgan fingerprint density at radius 1 is 1.03 bits per heavy atom. The number of hydrogen-bond acceptors (Lipinski definition) is 6. The number of sulfonamides is 1. The molecule has 2 heterocycles. The number of pyridine rings is 1. The molecule has 0 saturated carbocycles. The van der Waals surface area contributed by atoms with E-state index in [0.717, 1.165) is 30.7 Å². The Labute approximate surface area is 186 Å². The van der Waals surface area contributed by atoms with Crippen molar-refractivity contribution in [3.63, 3.8) is 0 Å². The fourth-order valence-electron chi connectivity index (χ4n) is 2.87. The van der Waals surface area contributed by atoms with Gasteiger partial charge in [0.2, 0.25) is 21.8 Å². The van der Waals surface area contributed by atoms with Crippen molar-refractivity contribution in [2.24, 2.45) is 0 Å². The summed E-state index contributed by atoms with van der Waals surface area (Å²) >= 11 is 1.03. The van der Waals surface area contributed by atoms with Crippen molar-refractivity contribution < 1.29 is 31.2 Å². The van der Waals surface area contributed by atoms with Crippen LogP contribution in [0.1, 0.15) is 12.8 Å².